The highest BCUT2D eigenvalue weighted by Crippen LogP contribution is 2.34. The molecule has 4 nitrogen and oxygen atoms in total. The van der Waals surface area contributed by atoms with E-state index in [0.717, 1.165) is 5.39 Å². The van der Waals surface area contributed by atoms with Crippen LogP contribution in [-0.4, -0.2) is 25.2 Å². The molecule has 5 heteroatoms. The predicted octanol–water partition coefficient (Wildman–Crippen LogP) is 2.79. The van der Waals surface area contributed by atoms with Crippen molar-refractivity contribution in [3.05, 3.63) is 34.4 Å². The van der Waals surface area contributed by atoms with Gasteiger partial charge in [0.1, 0.15) is 5.75 Å². The molecule has 0 saturated heterocycles. The van der Waals surface area contributed by atoms with Crippen LogP contribution in [0.2, 0.25) is 0 Å². The van der Waals surface area contributed by atoms with Crippen molar-refractivity contribution in [3.8, 4) is 5.75 Å². The fourth-order valence-corrected chi connectivity index (χ4v) is 2.22. The van der Waals surface area contributed by atoms with Gasteiger partial charge >= 0.3 is 5.97 Å². The average Bonchev–Trinajstić information content (AvgIpc) is 2.37. The van der Waals surface area contributed by atoms with E-state index in [4.69, 9.17) is 4.74 Å². The number of halogens is 1. The van der Waals surface area contributed by atoms with Gasteiger partial charge in [-0.2, -0.15) is 0 Å². The molecule has 0 spiro atoms. The van der Waals surface area contributed by atoms with Crippen LogP contribution in [0, 0.1) is 0 Å². The number of fused-ring (bicyclic) bond motifs is 1. The summed E-state index contributed by atoms with van der Waals surface area (Å²) in [5.74, 6) is 0.0805. The smallest absolute Gasteiger partial charge is 0.358 e. The first-order valence-electron chi connectivity index (χ1n) is 4.89. The molecular formula is C12H10BrNO3. The highest BCUT2D eigenvalue weighted by atomic mass is 79.9. The fraction of sp³-hybridized carbons (Fsp3) is 0.167. The van der Waals surface area contributed by atoms with Gasteiger partial charge in [0.25, 0.3) is 0 Å². The largest absolute Gasteiger partial charge is 0.495 e. The van der Waals surface area contributed by atoms with Crippen molar-refractivity contribution >= 4 is 32.8 Å². The summed E-state index contributed by atoms with van der Waals surface area (Å²) < 4.78 is 10.5. The fourth-order valence-electron chi connectivity index (χ4n) is 1.59. The van der Waals surface area contributed by atoms with Crippen molar-refractivity contribution in [1.29, 1.82) is 0 Å². The zero-order chi connectivity index (χ0) is 12.4. The second-order valence-corrected chi connectivity index (χ2v) is 4.11. The van der Waals surface area contributed by atoms with Crippen molar-refractivity contribution < 1.29 is 14.3 Å². The molecule has 0 aliphatic carbocycles. The molecule has 2 aromatic rings. The minimum atomic E-state index is -0.499. The lowest BCUT2D eigenvalue weighted by atomic mass is 10.2. The minimum absolute atomic E-state index is 0.211. The Morgan fingerprint density at radius 2 is 2.00 bits per heavy atom. The Bertz CT molecular complexity index is 583. The molecule has 0 aliphatic rings. The summed E-state index contributed by atoms with van der Waals surface area (Å²) in [6, 6.07) is 7.43. The summed E-state index contributed by atoms with van der Waals surface area (Å²) >= 11 is 3.32. The summed E-state index contributed by atoms with van der Waals surface area (Å²) in [5.41, 5.74) is 0.899. The molecule has 1 aromatic carbocycles. The van der Waals surface area contributed by atoms with Gasteiger partial charge in [0.05, 0.1) is 24.2 Å². The Hall–Kier alpha value is -1.62. The van der Waals surface area contributed by atoms with Crippen molar-refractivity contribution in [3.63, 3.8) is 0 Å². The maximum absolute atomic E-state index is 11.6. The van der Waals surface area contributed by atoms with E-state index in [1.807, 2.05) is 24.3 Å². The first-order chi connectivity index (χ1) is 8.19. The Kier molecular flexibility index (Phi) is 3.28. The van der Waals surface area contributed by atoms with Gasteiger partial charge in [-0.15, -0.1) is 0 Å². The zero-order valence-corrected chi connectivity index (χ0v) is 10.9. The number of carbonyl (C=O) groups excluding carboxylic acids is 1. The SMILES string of the molecule is COC(=O)c1nc2ccccc2c(OC)c1Br. The van der Waals surface area contributed by atoms with E-state index in [1.165, 1.54) is 7.11 Å². The van der Waals surface area contributed by atoms with Gasteiger partial charge in [-0.25, -0.2) is 9.78 Å². The summed E-state index contributed by atoms with van der Waals surface area (Å²) in [7, 11) is 2.87. The Morgan fingerprint density at radius 3 is 2.65 bits per heavy atom. The van der Waals surface area contributed by atoms with Crippen LogP contribution in [0.1, 0.15) is 10.5 Å². The van der Waals surface area contributed by atoms with E-state index in [9.17, 15) is 4.79 Å². The molecule has 0 bridgehead atoms. The number of hydrogen-bond donors (Lipinski definition) is 0. The Balaban J connectivity index is 2.80. The molecule has 0 N–H and O–H groups in total. The molecular weight excluding hydrogens is 286 g/mol. The summed E-state index contributed by atoms with van der Waals surface area (Å²) in [6.07, 6.45) is 0. The van der Waals surface area contributed by atoms with Gasteiger partial charge in [0.2, 0.25) is 0 Å². The lowest BCUT2D eigenvalue weighted by Crippen LogP contribution is -2.07. The standard InChI is InChI=1S/C12H10BrNO3/c1-16-11-7-5-3-4-6-8(7)14-10(9(11)13)12(15)17-2/h3-6H,1-2H3. The first kappa shape index (κ1) is 11.9. The predicted molar refractivity (Wildman–Crippen MR) is 67.3 cm³/mol. The molecule has 0 unspecified atom stereocenters. The maximum Gasteiger partial charge on any atom is 0.358 e. The van der Waals surface area contributed by atoms with Gasteiger partial charge in [-0.05, 0) is 28.1 Å². The van der Waals surface area contributed by atoms with E-state index in [0.29, 0.717) is 15.7 Å². The highest BCUT2D eigenvalue weighted by Gasteiger charge is 2.19. The van der Waals surface area contributed by atoms with Crippen LogP contribution in [0.15, 0.2) is 28.7 Å². The Labute approximate surface area is 107 Å². The number of benzene rings is 1. The van der Waals surface area contributed by atoms with Crippen LogP contribution in [0.25, 0.3) is 10.9 Å². The summed E-state index contributed by atoms with van der Waals surface area (Å²) in [6.45, 7) is 0. The highest BCUT2D eigenvalue weighted by molar-refractivity contribution is 9.10. The first-order valence-corrected chi connectivity index (χ1v) is 5.69. The van der Waals surface area contributed by atoms with Crippen molar-refractivity contribution in [1.82, 2.24) is 4.98 Å². The normalized spacial score (nSPS) is 10.3. The maximum atomic E-state index is 11.6. The zero-order valence-electron chi connectivity index (χ0n) is 9.36. The number of hydrogen-bond acceptors (Lipinski definition) is 4. The molecule has 0 fully saturated rings. The van der Waals surface area contributed by atoms with E-state index >= 15 is 0 Å². The van der Waals surface area contributed by atoms with Crippen LogP contribution >= 0.6 is 15.9 Å². The monoisotopic (exact) mass is 295 g/mol. The lowest BCUT2D eigenvalue weighted by molar-refractivity contribution is 0.0593. The molecule has 0 saturated carbocycles. The second kappa shape index (κ2) is 4.71. The molecule has 88 valence electrons. The van der Waals surface area contributed by atoms with Crippen LogP contribution in [0.5, 0.6) is 5.75 Å². The number of aromatic nitrogens is 1. The molecule has 0 aliphatic heterocycles. The van der Waals surface area contributed by atoms with E-state index < -0.39 is 5.97 Å². The molecule has 0 atom stereocenters. The average molecular weight is 296 g/mol. The molecule has 1 heterocycles. The van der Waals surface area contributed by atoms with Gasteiger partial charge in [0.15, 0.2) is 5.69 Å². The lowest BCUT2D eigenvalue weighted by Gasteiger charge is -2.10. The molecule has 2 rings (SSSR count). The van der Waals surface area contributed by atoms with Gasteiger partial charge in [0, 0.05) is 5.39 Å². The van der Waals surface area contributed by atoms with E-state index in [2.05, 4.69) is 25.7 Å². The van der Waals surface area contributed by atoms with Crippen LogP contribution in [0.4, 0.5) is 0 Å². The van der Waals surface area contributed by atoms with Crippen molar-refractivity contribution in [2.45, 2.75) is 0 Å². The Morgan fingerprint density at radius 1 is 1.29 bits per heavy atom. The number of pyridine rings is 1. The van der Waals surface area contributed by atoms with Crippen molar-refractivity contribution in [2.75, 3.05) is 14.2 Å². The number of para-hydroxylation sites is 1. The molecule has 0 radical (unpaired) electrons. The number of ether oxygens (including phenoxy) is 2. The number of rotatable bonds is 2. The van der Waals surface area contributed by atoms with Crippen LogP contribution in [-0.2, 0) is 4.74 Å². The van der Waals surface area contributed by atoms with Crippen LogP contribution in [0.3, 0.4) is 0 Å². The van der Waals surface area contributed by atoms with E-state index in [1.54, 1.807) is 7.11 Å². The number of methoxy groups -OCH3 is 2. The summed E-state index contributed by atoms with van der Waals surface area (Å²) in [4.78, 5) is 15.8. The third-order valence-electron chi connectivity index (χ3n) is 2.37. The van der Waals surface area contributed by atoms with E-state index in [-0.39, 0.29) is 5.69 Å². The third-order valence-corrected chi connectivity index (χ3v) is 3.11. The number of esters is 1. The molecule has 17 heavy (non-hydrogen) atoms. The van der Waals surface area contributed by atoms with Gasteiger partial charge in [-0.3, -0.25) is 0 Å². The number of carbonyl (C=O) groups is 1. The molecule has 0 amide bonds. The van der Waals surface area contributed by atoms with Gasteiger partial charge < -0.3 is 9.47 Å². The quantitative estimate of drug-likeness (QED) is 0.800. The third kappa shape index (κ3) is 1.98. The van der Waals surface area contributed by atoms with Crippen LogP contribution < -0.4 is 4.74 Å². The van der Waals surface area contributed by atoms with Gasteiger partial charge in [-0.1, -0.05) is 12.1 Å². The topological polar surface area (TPSA) is 48.4 Å². The number of nitrogens with zero attached hydrogens (tertiary/aromatic N) is 1. The second-order valence-electron chi connectivity index (χ2n) is 3.32. The summed E-state index contributed by atoms with van der Waals surface area (Å²) in [5, 5.41) is 0.842. The molecule has 1 aromatic heterocycles. The van der Waals surface area contributed by atoms with Crippen molar-refractivity contribution in [2.24, 2.45) is 0 Å². The minimum Gasteiger partial charge on any atom is -0.495 e.